The van der Waals surface area contributed by atoms with Crippen LogP contribution in [0.3, 0.4) is 0 Å². The Morgan fingerprint density at radius 1 is 1.22 bits per heavy atom. The third-order valence-electron chi connectivity index (χ3n) is 3.36. The summed E-state index contributed by atoms with van der Waals surface area (Å²) >= 11 is 3.05. The van der Waals surface area contributed by atoms with Gasteiger partial charge in [0.05, 0.1) is 6.54 Å². The van der Waals surface area contributed by atoms with Crippen molar-refractivity contribution in [2.75, 3.05) is 5.32 Å². The third kappa shape index (κ3) is 3.97. The standard InChI is InChI=1S/C17H17N3OS2/c1-11-5-6-14(12(2)8-11)19-17-20-15(10-23-17)16(21)18-9-13-4-3-7-22-13/h3-8,10H,9H2,1-2H3,(H,18,21)(H,19,20). The van der Waals surface area contributed by atoms with Crippen molar-refractivity contribution >= 4 is 39.4 Å². The largest absolute Gasteiger partial charge is 0.346 e. The number of hydrogen-bond donors (Lipinski definition) is 2. The van der Waals surface area contributed by atoms with Gasteiger partial charge in [-0.05, 0) is 36.9 Å². The van der Waals surface area contributed by atoms with Crippen molar-refractivity contribution in [3.05, 3.63) is 62.8 Å². The van der Waals surface area contributed by atoms with Crippen LogP contribution in [0.5, 0.6) is 0 Å². The number of carbonyl (C=O) groups is 1. The lowest BCUT2D eigenvalue weighted by atomic mass is 10.1. The number of thiophene rings is 1. The monoisotopic (exact) mass is 343 g/mol. The van der Waals surface area contributed by atoms with Crippen LogP contribution in [0.2, 0.25) is 0 Å². The van der Waals surface area contributed by atoms with E-state index in [9.17, 15) is 4.79 Å². The molecule has 3 aromatic rings. The number of carbonyl (C=O) groups excluding carboxylic acids is 1. The van der Waals surface area contributed by atoms with Crippen molar-refractivity contribution in [1.29, 1.82) is 0 Å². The first-order valence-electron chi connectivity index (χ1n) is 7.22. The van der Waals surface area contributed by atoms with Gasteiger partial charge in [0, 0.05) is 15.9 Å². The highest BCUT2D eigenvalue weighted by Gasteiger charge is 2.11. The molecule has 6 heteroatoms. The number of nitrogens with zero attached hydrogens (tertiary/aromatic N) is 1. The van der Waals surface area contributed by atoms with Crippen LogP contribution in [0, 0.1) is 13.8 Å². The molecular formula is C17H17N3OS2. The molecule has 1 amide bonds. The highest BCUT2D eigenvalue weighted by Crippen LogP contribution is 2.24. The molecule has 0 fully saturated rings. The van der Waals surface area contributed by atoms with Crippen molar-refractivity contribution in [3.8, 4) is 0 Å². The fraction of sp³-hybridized carbons (Fsp3) is 0.176. The average molecular weight is 343 g/mol. The first-order chi connectivity index (χ1) is 11.1. The van der Waals surface area contributed by atoms with Crippen LogP contribution >= 0.6 is 22.7 Å². The van der Waals surface area contributed by atoms with Crippen LogP contribution in [-0.4, -0.2) is 10.9 Å². The van der Waals surface area contributed by atoms with E-state index in [0.717, 1.165) is 21.3 Å². The van der Waals surface area contributed by atoms with Gasteiger partial charge >= 0.3 is 0 Å². The summed E-state index contributed by atoms with van der Waals surface area (Å²) in [5, 5.41) is 10.6. The maximum atomic E-state index is 12.1. The molecule has 2 aromatic heterocycles. The van der Waals surface area contributed by atoms with Crippen molar-refractivity contribution in [3.63, 3.8) is 0 Å². The zero-order chi connectivity index (χ0) is 16.2. The Balaban J connectivity index is 1.64. The third-order valence-corrected chi connectivity index (χ3v) is 5.00. The summed E-state index contributed by atoms with van der Waals surface area (Å²) in [6, 6.07) is 10.2. The van der Waals surface area contributed by atoms with Crippen LogP contribution in [0.4, 0.5) is 10.8 Å². The Morgan fingerprint density at radius 3 is 2.83 bits per heavy atom. The van der Waals surface area contributed by atoms with E-state index in [1.54, 1.807) is 16.7 Å². The molecule has 0 atom stereocenters. The van der Waals surface area contributed by atoms with Gasteiger partial charge < -0.3 is 10.6 Å². The van der Waals surface area contributed by atoms with E-state index in [4.69, 9.17) is 0 Å². The summed E-state index contributed by atoms with van der Waals surface area (Å²) in [6.07, 6.45) is 0. The van der Waals surface area contributed by atoms with Crippen molar-refractivity contribution in [1.82, 2.24) is 10.3 Å². The molecular weight excluding hydrogens is 326 g/mol. The number of rotatable bonds is 5. The van der Waals surface area contributed by atoms with Crippen molar-refractivity contribution in [2.45, 2.75) is 20.4 Å². The highest BCUT2D eigenvalue weighted by molar-refractivity contribution is 7.14. The van der Waals surface area contributed by atoms with Crippen molar-refractivity contribution < 1.29 is 4.79 Å². The predicted octanol–water partition coefficient (Wildman–Crippen LogP) is 4.50. The maximum absolute atomic E-state index is 12.1. The van der Waals surface area contributed by atoms with Gasteiger partial charge in [0.2, 0.25) is 0 Å². The lowest BCUT2D eigenvalue weighted by Crippen LogP contribution is -2.22. The molecule has 2 heterocycles. The fourth-order valence-electron chi connectivity index (χ4n) is 2.18. The second kappa shape index (κ2) is 6.93. The smallest absolute Gasteiger partial charge is 0.271 e. The zero-order valence-electron chi connectivity index (χ0n) is 12.9. The molecule has 0 bridgehead atoms. The second-order valence-electron chi connectivity index (χ2n) is 5.24. The molecule has 0 aliphatic carbocycles. The summed E-state index contributed by atoms with van der Waals surface area (Å²) in [4.78, 5) is 17.6. The van der Waals surface area contributed by atoms with Gasteiger partial charge in [0.15, 0.2) is 5.13 Å². The summed E-state index contributed by atoms with van der Waals surface area (Å²) < 4.78 is 0. The van der Waals surface area contributed by atoms with E-state index in [1.165, 1.54) is 16.9 Å². The Labute approximate surface area is 143 Å². The van der Waals surface area contributed by atoms with Gasteiger partial charge in [0.1, 0.15) is 5.69 Å². The lowest BCUT2D eigenvalue weighted by molar-refractivity contribution is 0.0947. The minimum Gasteiger partial charge on any atom is -0.346 e. The van der Waals surface area contributed by atoms with E-state index >= 15 is 0 Å². The molecule has 0 spiro atoms. The molecule has 0 aliphatic rings. The first kappa shape index (κ1) is 15.7. The molecule has 0 aliphatic heterocycles. The zero-order valence-corrected chi connectivity index (χ0v) is 14.6. The Hall–Kier alpha value is -2.18. The van der Waals surface area contributed by atoms with Gasteiger partial charge in [-0.15, -0.1) is 22.7 Å². The topological polar surface area (TPSA) is 54.0 Å². The number of anilines is 2. The van der Waals surface area contributed by atoms with Gasteiger partial charge in [-0.25, -0.2) is 4.98 Å². The predicted molar refractivity (Wildman–Crippen MR) is 96.8 cm³/mol. The summed E-state index contributed by atoms with van der Waals surface area (Å²) in [7, 11) is 0. The average Bonchev–Trinajstić information content (AvgIpc) is 3.19. The molecule has 118 valence electrons. The Morgan fingerprint density at radius 2 is 2.09 bits per heavy atom. The minimum absolute atomic E-state index is 0.150. The first-order valence-corrected chi connectivity index (χ1v) is 8.98. The van der Waals surface area contributed by atoms with Crippen LogP contribution in [0.1, 0.15) is 26.5 Å². The molecule has 0 saturated heterocycles. The Kier molecular flexibility index (Phi) is 4.73. The molecule has 4 nitrogen and oxygen atoms in total. The van der Waals surface area contributed by atoms with Gasteiger partial charge in [-0.2, -0.15) is 0 Å². The van der Waals surface area contributed by atoms with Crippen LogP contribution in [-0.2, 0) is 6.54 Å². The number of nitrogens with one attached hydrogen (secondary N) is 2. The van der Waals surface area contributed by atoms with Crippen LogP contribution in [0.15, 0.2) is 41.1 Å². The molecule has 3 rings (SSSR count). The van der Waals surface area contributed by atoms with Crippen LogP contribution in [0.25, 0.3) is 0 Å². The number of benzene rings is 1. The Bertz CT molecular complexity index is 809. The van der Waals surface area contributed by atoms with Gasteiger partial charge in [-0.3, -0.25) is 4.79 Å². The van der Waals surface area contributed by atoms with Gasteiger partial charge in [0.25, 0.3) is 5.91 Å². The highest BCUT2D eigenvalue weighted by atomic mass is 32.1. The number of thiazole rings is 1. The van der Waals surface area contributed by atoms with E-state index in [-0.39, 0.29) is 5.91 Å². The molecule has 0 unspecified atom stereocenters. The van der Waals surface area contributed by atoms with Crippen LogP contribution < -0.4 is 10.6 Å². The number of aromatic nitrogens is 1. The van der Waals surface area contributed by atoms with Crippen molar-refractivity contribution in [2.24, 2.45) is 0 Å². The quantitative estimate of drug-likeness (QED) is 0.717. The number of hydrogen-bond acceptors (Lipinski definition) is 5. The molecule has 1 aromatic carbocycles. The molecule has 0 saturated carbocycles. The summed E-state index contributed by atoms with van der Waals surface area (Å²) in [5.41, 5.74) is 3.83. The van der Waals surface area contributed by atoms with E-state index in [0.29, 0.717) is 12.2 Å². The second-order valence-corrected chi connectivity index (χ2v) is 7.13. The summed E-state index contributed by atoms with van der Waals surface area (Å²) in [5.74, 6) is -0.150. The summed E-state index contributed by atoms with van der Waals surface area (Å²) in [6.45, 7) is 4.65. The lowest BCUT2D eigenvalue weighted by Gasteiger charge is -2.07. The van der Waals surface area contributed by atoms with E-state index in [2.05, 4.69) is 41.6 Å². The van der Waals surface area contributed by atoms with E-state index < -0.39 is 0 Å². The molecule has 2 N–H and O–H groups in total. The SMILES string of the molecule is Cc1ccc(Nc2nc(C(=O)NCc3cccs3)cs2)c(C)c1. The maximum Gasteiger partial charge on any atom is 0.271 e. The minimum atomic E-state index is -0.150. The number of aryl methyl sites for hydroxylation is 2. The normalized spacial score (nSPS) is 10.5. The molecule has 0 radical (unpaired) electrons. The number of amides is 1. The van der Waals surface area contributed by atoms with Gasteiger partial charge in [-0.1, -0.05) is 23.8 Å². The molecule has 23 heavy (non-hydrogen) atoms. The fourth-order valence-corrected chi connectivity index (χ4v) is 3.52. The van der Waals surface area contributed by atoms with E-state index in [1.807, 2.05) is 23.6 Å².